The van der Waals surface area contributed by atoms with Crippen LogP contribution in [0.5, 0.6) is 0 Å². The van der Waals surface area contributed by atoms with Crippen LogP contribution in [0.3, 0.4) is 0 Å². The lowest BCUT2D eigenvalue weighted by Gasteiger charge is -2.03. The zero-order valence-corrected chi connectivity index (χ0v) is 9.40. The molecule has 0 saturated carbocycles. The summed E-state index contributed by atoms with van der Waals surface area (Å²) >= 11 is 0. The van der Waals surface area contributed by atoms with Gasteiger partial charge in [0, 0.05) is 19.0 Å². The van der Waals surface area contributed by atoms with Gasteiger partial charge in [0.15, 0.2) is 0 Å². The van der Waals surface area contributed by atoms with E-state index in [9.17, 15) is 9.59 Å². The Balaban J connectivity index is 3.62. The second-order valence-corrected chi connectivity index (χ2v) is 3.67. The standard InChI is InChI=1S/C12H19NO2/c1-11(2)10-13-12(15)8-6-4-3-5-7-9-14/h3-4,6,8-9,11H,5,7,10H2,1-2H3,(H,13,15)/b4-3+,8-6+. The van der Waals surface area contributed by atoms with Crippen molar-refractivity contribution in [1.29, 1.82) is 0 Å². The molecule has 0 aliphatic carbocycles. The van der Waals surface area contributed by atoms with Crippen LogP contribution in [0.4, 0.5) is 0 Å². The maximum absolute atomic E-state index is 11.1. The van der Waals surface area contributed by atoms with Gasteiger partial charge < -0.3 is 10.1 Å². The van der Waals surface area contributed by atoms with E-state index in [1.807, 2.05) is 19.9 Å². The molecule has 0 saturated heterocycles. The Morgan fingerprint density at radius 2 is 2.00 bits per heavy atom. The minimum atomic E-state index is -0.0799. The molecular formula is C12H19NO2. The first-order valence-corrected chi connectivity index (χ1v) is 5.21. The topological polar surface area (TPSA) is 46.2 Å². The summed E-state index contributed by atoms with van der Waals surface area (Å²) in [6, 6.07) is 0. The maximum Gasteiger partial charge on any atom is 0.243 e. The Hall–Kier alpha value is -1.38. The third-order valence-corrected chi connectivity index (χ3v) is 1.63. The summed E-state index contributed by atoms with van der Waals surface area (Å²) in [6.45, 7) is 4.78. The van der Waals surface area contributed by atoms with Crippen molar-refractivity contribution in [1.82, 2.24) is 5.32 Å². The molecule has 1 N–H and O–H groups in total. The van der Waals surface area contributed by atoms with E-state index < -0.39 is 0 Å². The van der Waals surface area contributed by atoms with Crippen molar-refractivity contribution in [3.63, 3.8) is 0 Å². The van der Waals surface area contributed by atoms with Crippen LogP contribution in [-0.4, -0.2) is 18.7 Å². The van der Waals surface area contributed by atoms with Gasteiger partial charge in [0.2, 0.25) is 5.91 Å². The summed E-state index contributed by atoms with van der Waals surface area (Å²) in [5, 5.41) is 2.77. The molecular weight excluding hydrogens is 190 g/mol. The third-order valence-electron chi connectivity index (χ3n) is 1.63. The molecule has 0 heterocycles. The quantitative estimate of drug-likeness (QED) is 0.301. The van der Waals surface area contributed by atoms with Gasteiger partial charge in [0.05, 0.1) is 0 Å². The summed E-state index contributed by atoms with van der Waals surface area (Å²) in [6.07, 6.45) is 8.94. The van der Waals surface area contributed by atoms with Crippen LogP contribution in [0.2, 0.25) is 0 Å². The molecule has 0 aromatic rings. The van der Waals surface area contributed by atoms with E-state index in [0.29, 0.717) is 18.9 Å². The fourth-order valence-electron chi connectivity index (χ4n) is 0.846. The zero-order valence-electron chi connectivity index (χ0n) is 9.40. The summed E-state index contributed by atoms with van der Waals surface area (Å²) in [7, 11) is 0. The molecule has 0 fully saturated rings. The number of carbonyl (C=O) groups excluding carboxylic acids is 2. The van der Waals surface area contributed by atoms with Crippen molar-refractivity contribution in [3.05, 3.63) is 24.3 Å². The fraction of sp³-hybridized carbons (Fsp3) is 0.500. The number of rotatable bonds is 7. The third kappa shape index (κ3) is 10.5. The van der Waals surface area contributed by atoms with Crippen molar-refractivity contribution >= 4 is 12.2 Å². The van der Waals surface area contributed by atoms with Crippen molar-refractivity contribution in [2.75, 3.05) is 6.54 Å². The SMILES string of the molecule is CC(C)CNC(=O)/C=C/C=C/CCC=O. The highest BCUT2D eigenvalue weighted by Gasteiger charge is 1.95. The fourth-order valence-corrected chi connectivity index (χ4v) is 0.846. The second kappa shape index (κ2) is 9.19. The number of allylic oxidation sites excluding steroid dienone is 3. The van der Waals surface area contributed by atoms with Gasteiger partial charge in [-0.05, 0) is 12.3 Å². The summed E-state index contributed by atoms with van der Waals surface area (Å²) in [4.78, 5) is 21.1. The first-order valence-electron chi connectivity index (χ1n) is 5.21. The average molecular weight is 209 g/mol. The molecule has 0 unspecified atom stereocenters. The maximum atomic E-state index is 11.1. The van der Waals surface area contributed by atoms with Crippen LogP contribution < -0.4 is 5.32 Å². The lowest BCUT2D eigenvalue weighted by atomic mass is 10.2. The molecule has 0 aliphatic rings. The lowest BCUT2D eigenvalue weighted by Crippen LogP contribution is -2.25. The van der Waals surface area contributed by atoms with Gasteiger partial charge in [-0.2, -0.15) is 0 Å². The van der Waals surface area contributed by atoms with Crippen molar-refractivity contribution in [3.8, 4) is 0 Å². The van der Waals surface area contributed by atoms with Crippen molar-refractivity contribution in [2.24, 2.45) is 5.92 Å². The van der Waals surface area contributed by atoms with E-state index in [4.69, 9.17) is 0 Å². The molecule has 3 heteroatoms. The number of aldehydes is 1. The van der Waals surface area contributed by atoms with Crippen LogP contribution >= 0.6 is 0 Å². The van der Waals surface area contributed by atoms with Crippen LogP contribution in [-0.2, 0) is 9.59 Å². The Labute approximate surface area is 91.2 Å². The molecule has 0 bridgehead atoms. The van der Waals surface area contributed by atoms with Crippen LogP contribution in [0.25, 0.3) is 0 Å². The van der Waals surface area contributed by atoms with Crippen LogP contribution in [0.15, 0.2) is 24.3 Å². The molecule has 0 aliphatic heterocycles. The minimum absolute atomic E-state index is 0.0799. The molecule has 0 aromatic heterocycles. The van der Waals surface area contributed by atoms with E-state index >= 15 is 0 Å². The highest BCUT2D eigenvalue weighted by atomic mass is 16.1. The number of hydrogen-bond donors (Lipinski definition) is 1. The van der Waals surface area contributed by atoms with Crippen LogP contribution in [0.1, 0.15) is 26.7 Å². The molecule has 0 rings (SSSR count). The first-order chi connectivity index (χ1) is 7.16. The van der Waals surface area contributed by atoms with E-state index in [0.717, 1.165) is 12.7 Å². The average Bonchev–Trinajstić information content (AvgIpc) is 2.20. The predicted octanol–water partition coefficient (Wildman–Crippen LogP) is 1.85. The molecule has 1 amide bonds. The van der Waals surface area contributed by atoms with Crippen molar-refractivity contribution < 1.29 is 9.59 Å². The predicted molar refractivity (Wildman–Crippen MR) is 61.4 cm³/mol. The molecule has 0 aromatic carbocycles. The molecule has 0 atom stereocenters. The Morgan fingerprint density at radius 1 is 1.27 bits per heavy atom. The first kappa shape index (κ1) is 13.6. The van der Waals surface area contributed by atoms with E-state index in [1.165, 1.54) is 6.08 Å². The normalized spacial score (nSPS) is 11.4. The Morgan fingerprint density at radius 3 is 2.60 bits per heavy atom. The minimum Gasteiger partial charge on any atom is -0.352 e. The molecule has 0 radical (unpaired) electrons. The Kier molecular flexibility index (Phi) is 8.34. The molecule has 0 spiro atoms. The monoisotopic (exact) mass is 209 g/mol. The van der Waals surface area contributed by atoms with Gasteiger partial charge in [-0.3, -0.25) is 4.79 Å². The van der Waals surface area contributed by atoms with E-state index in [2.05, 4.69) is 5.32 Å². The molecule has 3 nitrogen and oxygen atoms in total. The highest BCUT2D eigenvalue weighted by Crippen LogP contribution is 1.89. The lowest BCUT2D eigenvalue weighted by molar-refractivity contribution is -0.116. The van der Waals surface area contributed by atoms with Gasteiger partial charge in [-0.1, -0.05) is 32.1 Å². The number of unbranched alkanes of at least 4 members (excludes halogenated alkanes) is 1. The smallest absolute Gasteiger partial charge is 0.243 e. The zero-order chi connectivity index (χ0) is 11.5. The van der Waals surface area contributed by atoms with Gasteiger partial charge in [-0.25, -0.2) is 0 Å². The summed E-state index contributed by atoms with van der Waals surface area (Å²) < 4.78 is 0. The largest absolute Gasteiger partial charge is 0.352 e. The van der Waals surface area contributed by atoms with Gasteiger partial charge in [0.25, 0.3) is 0 Å². The van der Waals surface area contributed by atoms with Gasteiger partial charge in [-0.15, -0.1) is 0 Å². The molecule has 84 valence electrons. The number of amides is 1. The summed E-state index contributed by atoms with van der Waals surface area (Å²) in [5.41, 5.74) is 0. The van der Waals surface area contributed by atoms with Crippen LogP contribution in [0, 0.1) is 5.92 Å². The number of nitrogens with one attached hydrogen (secondary N) is 1. The van der Waals surface area contributed by atoms with E-state index in [-0.39, 0.29) is 5.91 Å². The Bertz CT molecular complexity index is 242. The number of hydrogen-bond acceptors (Lipinski definition) is 2. The second-order valence-electron chi connectivity index (χ2n) is 3.67. The number of carbonyl (C=O) groups is 2. The highest BCUT2D eigenvalue weighted by molar-refractivity contribution is 5.87. The van der Waals surface area contributed by atoms with Gasteiger partial charge >= 0.3 is 0 Å². The van der Waals surface area contributed by atoms with Gasteiger partial charge in [0.1, 0.15) is 6.29 Å². The van der Waals surface area contributed by atoms with E-state index in [1.54, 1.807) is 12.2 Å². The summed E-state index contributed by atoms with van der Waals surface area (Å²) in [5.74, 6) is 0.384. The van der Waals surface area contributed by atoms with Crippen molar-refractivity contribution in [2.45, 2.75) is 26.7 Å². The molecule has 15 heavy (non-hydrogen) atoms.